The number of aliphatic hydroxyl groups excluding tert-OH is 1. The van der Waals surface area contributed by atoms with Gasteiger partial charge >= 0.3 is 0 Å². The first-order chi connectivity index (χ1) is 9.62. The van der Waals surface area contributed by atoms with Gasteiger partial charge in [0.05, 0.1) is 18.2 Å². The van der Waals surface area contributed by atoms with Crippen molar-refractivity contribution in [3.05, 3.63) is 18.2 Å². The van der Waals surface area contributed by atoms with Crippen LogP contribution >= 0.6 is 0 Å². The number of aromatic amines is 1. The summed E-state index contributed by atoms with van der Waals surface area (Å²) < 4.78 is 0. The Morgan fingerprint density at radius 2 is 2.15 bits per heavy atom. The predicted octanol–water partition coefficient (Wildman–Crippen LogP) is 0.530. The van der Waals surface area contributed by atoms with Gasteiger partial charge in [0.2, 0.25) is 0 Å². The molecule has 6 heteroatoms. The minimum Gasteiger partial charge on any atom is -0.377 e. The van der Waals surface area contributed by atoms with Crippen LogP contribution in [-0.4, -0.2) is 63.0 Å². The lowest BCUT2D eigenvalue weighted by atomic mass is 9.85. The van der Waals surface area contributed by atoms with E-state index in [-0.39, 0.29) is 11.4 Å². The first-order valence-corrected chi connectivity index (χ1v) is 7.29. The topological polar surface area (TPSA) is 72.5 Å². The van der Waals surface area contributed by atoms with Gasteiger partial charge in [-0.1, -0.05) is 0 Å². The number of H-pyrrole nitrogens is 1. The molecule has 1 atom stereocenters. The van der Waals surface area contributed by atoms with Gasteiger partial charge in [-0.25, -0.2) is 4.98 Å². The third kappa shape index (κ3) is 2.23. The molecule has 0 saturated carbocycles. The second-order valence-electron chi connectivity index (χ2n) is 6.03. The van der Waals surface area contributed by atoms with E-state index in [1.165, 1.54) is 12.5 Å². The summed E-state index contributed by atoms with van der Waals surface area (Å²) in [5.74, 6) is -0.184. The summed E-state index contributed by atoms with van der Waals surface area (Å²) in [6.07, 6.45) is 5.98. The van der Waals surface area contributed by atoms with Crippen LogP contribution in [0.3, 0.4) is 0 Å². The molecule has 20 heavy (non-hydrogen) atoms. The smallest absolute Gasteiger partial charge is 0.258 e. The van der Waals surface area contributed by atoms with Gasteiger partial charge in [-0.3, -0.25) is 4.79 Å². The van der Waals surface area contributed by atoms with E-state index in [9.17, 15) is 9.90 Å². The number of piperidine rings is 1. The van der Waals surface area contributed by atoms with Gasteiger partial charge in [-0.15, -0.1) is 0 Å². The Labute approximate surface area is 118 Å². The van der Waals surface area contributed by atoms with Crippen LogP contribution in [0.15, 0.2) is 12.5 Å². The lowest BCUT2D eigenvalue weighted by Gasteiger charge is -2.44. The average Bonchev–Trinajstić information content (AvgIpc) is 3.11. The molecule has 0 radical (unpaired) electrons. The fourth-order valence-corrected chi connectivity index (χ4v) is 3.53. The Bertz CT molecular complexity index is 466. The zero-order chi connectivity index (χ0) is 14.2. The largest absolute Gasteiger partial charge is 0.377 e. The first kappa shape index (κ1) is 13.6. The Morgan fingerprint density at radius 1 is 1.40 bits per heavy atom. The van der Waals surface area contributed by atoms with E-state index in [1.807, 2.05) is 4.90 Å². The Kier molecular flexibility index (Phi) is 3.52. The van der Waals surface area contributed by atoms with E-state index in [4.69, 9.17) is 0 Å². The van der Waals surface area contributed by atoms with Crippen LogP contribution in [0.4, 0.5) is 0 Å². The number of nitrogens with one attached hydrogen (secondary N) is 1. The monoisotopic (exact) mass is 278 g/mol. The molecule has 2 saturated heterocycles. The molecular weight excluding hydrogens is 256 g/mol. The molecule has 2 aliphatic rings. The number of nitrogens with zero attached hydrogens (tertiary/aromatic N) is 3. The summed E-state index contributed by atoms with van der Waals surface area (Å²) in [6.45, 7) is 2.79. The number of likely N-dealkylation sites (tertiary alicyclic amines) is 2. The molecule has 1 amide bonds. The maximum absolute atomic E-state index is 12.6. The molecule has 3 rings (SSSR count). The SMILES string of the molecule is CN1CCC2(CCCN2C(=O)C(O)c2cnc[nH]2)CC1. The second-order valence-corrected chi connectivity index (χ2v) is 6.03. The lowest BCUT2D eigenvalue weighted by Crippen LogP contribution is -2.54. The highest BCUT2D eigenvalue weighted by atomic mass is 16.3. The van der Waals surface area contributed by atoms with E-state index in [1.54, 1.807) is 0 Å². The van der Waals surface area contributed by atoms with Crippen molar-refractivity contribution < 1.29 is 9.90 Å². The summed E-state index contributed by atoms with van der Waals surface area (Å²) in [5, 5.41) is 10.2. The number of imidazole rings is 1. The maximum atomic E-state index is 12.6. The number of carbonyl (C=O) groups is 1. The summed E-state index contributed by atoms with van der Waals surface area (Å²) >= 11 is 0. The summed E-state index contributed by atoms with van der Waals surface area (Å²) in [7, 11) is 2.12. The number of hydrogen-bond donors (Lipinski definition) is 2. The highest BCUT2D eigenvalue weighted by Crippen LogP contribution is 2.39. The van der Waals surface area contributed by atoms with Crippen LogP contribution in [0.25, 0.3) is 0 Å². The molecule has 2 N–H and O–H groups in total. The molecular formula is C14H22N4O2. The molecule has 6 nitrogen and oxygen atoms in total. The minimum atomic E-state index is -1.12. The van der Waals surface area contributed by atoms with E-state index >= 15 is 0 Å². The molecule has 0 aliphatic carbocycles. The maximum Gasteiger partial charge on any atom is 0.258 e. The van der Waals surface area contributed by atoms with Crippen LogP contribution in [-0.2, 0) is 4.79 Å². The number of amides is 1. The van der Waals surface area contributed by atoms with Crippen molar-refractivity contribution in [1.82, 2.24) is 19.8 Å². The molecule has 0 aromatic carbocycles. The zero-order valence-corrected chi connectivity index (χ0v) is 11.9. The second kappa shape index (κ2) is 5.18. The van der Waals surface area contributed by atoms with E-state index in [0.29, 0.717) is 5.69 Å². The summed E-state index contributed by atoms with van der Waals surface area (Å²) in [5.41, 5.74) is 0.440. The Hall–Kier alpha value is -1.40. The van der Waals surface area contributed by atoms with Gasteiger partial charge in [0.15, 0.2) is 6.10 Å². The van der Waals surface area contributed by atoms with E-state index < -0.39 is 6.10 Å². The Balaban J connectivity index is 1.77. The normalized spacial score (nSPS) is 24.2. The van der Waals surface area contributed by atoms with Crippen LogP contribution in [0.5, 0.6) is 0 Å². The molecule has 3 heterocycles. The molecule has 0 bridgehead atoms. The van der Waals surface area contributed by atoms with Gasteiger partial charge in [0.25, 0.3) is 5.91 Å². The van der Waals surface area contributed by atoms with Gasteiger partial charge in [-0.05, 0) is 32.7 Å². The molecule has 1 aromatic rings. The summed E-state index contributed by atoms with van der Waals surface area (Å²) in [6, 6.07) is 0. The average molecular weight is 278 g/mol. The summed E-state index contributed by atoms with van der Waals surface area (Å²) in [4.78, 5) is 23.5. The van der Waals surface area contributed by atoms with E-state index in [2.05, 4.69) is 21.9 Å². The number of hydrogen-bond acceptors (Lipinski definition) is 4. The van der Waals surface area contributed by atoms with Crippen molar-refractivity contribution in [3.63, 3.8) is 0 Å². The highest BCUT2D eigenvalue weighted by Gasteiger charge is 2.46. The first-order valence-electron chi connectivity index (χ1n) is 7.29. The fourth-order valence-electron chi connectivity index (χ4n) is 3.53. The van der Waals surface area contributed by atoms with Crippen molar-refractivity contribution >= 4 is 5.91 Å². The van der Waals surface area contributed by atoms with Gasteiger partial charge in [-0.2, -0.15) is 0 Å². The number of aromatic nitrogens is 2. The lowest BCUT2D eigenvalue weighted by molar-refractivity contribution is -0.146. The van der Waals surface area contributed by atoms with Crippen molar-refractivity contribution in [3.8, 4) is 0 Å². The predicted molar refractivity (Wildman–Crippen MR) is 74.0 cm³/mol. The molecule has 1 unspecified atom stereocenters. The van der Waals surface area contributed by atoms with Crippen molar-refractivity contribution in [2.75, 3.05) is 26.7 Å². The van der Waals surface area contributed by atoms with Crippen LogP contribution in [0, 0.1) is 0 Å². The Morgan fingerprint density at radius 3 is 2.80 bits per heavy atom. The number of aliphatic hydroxyl groups is 1. The van der Waals surface area contributed by atoms with Crippen LogP contribution < -0.4 is 0 Å². The number of carbonyl (C=O) groups excluding carboxylic acids is 1. The van der Waals surface area contributed by atoms with Gasteiger partial charge in [0.1, 0.15) is 0 Å². The van der Waals surface area contributed by atoms with Crippen molar-refractivity contribution in [2.45, 2.75) is 37.3 Å². The van der Waals surface area contributed by atoms with E-state index in [0.717, 1.165) is 45.3 Å². The molecule has 1 aromatic heterocycles. The van der Waals surface area contributed by atoms with Crippen LogP contribution in [0.2, 0.25) is 0 Å². The van der Waals surface area contributed by atoms with Gasteiger partial charge < -0.3 is 19.9 Å². The van der Waals surface area contributed by atoms with Crippen molar-refractivity contribution in [2.24, 2.45) is 0 Å². The zero-order valence-electron chi connectivity index (χ0n) is 11.9. The quantitative estimate of drug-likeness (QED) is 0.828. The highest BCUT2D eigenvalue weighted by molar-refractivity contribution is 5.82. The molecule has 2 fully saturated rings. The number of rotatable bonds is 2. The standard InChI is InChI=1S/C14H22N4O2/c1-17-7-4-14(5-8-17)3-2-6-18(14)13(20)12(19)11-9-15-10-16-11/h9-10,12,19H,2-8H2,1H3,(H,15,16). The molecule has 2 aliphatic heterocycles. The third-order valence-corrected chi connectivity index (χ3v) is 4.83. The van der Waals surface area contributed by atoms with Crippen LogP contribution in [0.1, 0.15) is 37.5 Å². The molecule has 110 valence electrons. The fraction of sp³-hybridized carbons (Fsp3) is 0.714. The third-order valence-electron chi connectivity index (χ3n) is 4.83. The minimum absolute atomic E-state index is 0.0371. The van der Waals surface area contributed by atoms with Crippen molar-refractivity contribution in [1.29, 1.82) is 0 Å². The molecule has 1 spiro atoms. The van der Waals surface area contributed by atoms with Gasteiger partial charge in [0, 0.05) is 25.2 Å².